The molecule has 1 unspecified atom stereocenters. The van der Waals surface area contributed by atoms with Gasteiger partial charge in [-0.2, -0.15) is 5.10 Å². The molecule has 3 aromatic rings. The van der Waals surface area contributed by atoms with Crippen LogP contribution in [0.4, 0.5) is 0 Å². The van der Waals surface area contributed by atoms with Gasteiger partial charge < -0.3 is 4.90 Å². The maximum absolute atomic E-state index is 12.8. The fourth-order valence-corrected chi connectivity index (χ4v) is 3.49. The highest BCUT2D eigenvalue weighted by Crippen LogP contribution is 2.25. The van der Waals surface area contributed by atoms with Crippen molar-refractivity contribution in [2.75, 3.05) is 7.05 Å². The third-order valence-corrected chi connectivity index (χ3v) is 5.16. The molecule has 0 bridgehead atoms. The van der Waals surface area contributed by atoms with E-state index in [1.807, 2.05) is 36.2 Å². The minimum atomic E-state index is -0.0260. The number of aromatic nitrogens is 3. The van der Waals surface area contributed by atoms with Crippen LogP contribution in [-0.4, -0.2) is 32.6 Å². The van der Waals surface area contributed by atoms with Crippen LogP contribution in [0.5, 0.6) is 0 Å². The number of fused-ring (bicyclic) bond motifs is 1. The molecule has 0 saturated carbocycles. The zero-order valence-corrected chi connectivity index (χ0v) is 15.2. The SMILES string of the molecule is CC(C)Cn1ncc2cc(C(=O)N(C)C(C)c3cccs3)cnc21. The van der Waals surface area contributed by atoms with Crippen molar-refractivity contribution >= 4 is 28.3 Å². The zero-order chi connectivity index (χ0) is 17.3. The molecule has 0 aromatic carbocycles. The molecule has 1 atom stereocenters. The summed E-state index contributed by atoms with van der Waals surface area (Å²) in [6, 6.07) is 5.98. The lowest BCUT2D eigenvalue weighted by Crippen LogP contribution is -2.29. The van der Waals surface area contributed by atoms with Crippen molar-refractivity contribution in [1.29, 1.82) is 0 Å². The zero-order valence-electron chi connectivity index (χ0n) is 14.4. The maximum Gasteiger partial charge on any atom is 0.255 e. The summed E-state index contributed by atoms with van der Waals surface area (Å²) in [4.78, 5) is 20.2. The van der Waals surface area contributed by atoms with Crippen molar-refractivity contribution in [3.8, 4) is 0 Å². The van der Waals surface area contributed by atoms with Gasteiger partial charge in [-0.3, -0.25) is 4.79 Å². The molecule has 24 heavy (non-hydrogen) atoms. The highest BCUT2D eigenvalue weighted by atomic mass is 32.1. The first-order valence-electron chi connectivity index (χ1n) is 8.09. The number of rotatable bonds is 5. The second-order valence-electron chi connectivity index (χ2n) is 6.46. The van der Waals surface area contributed by atoms with Crippen molar-refractivity contribution in [1.82, 2.24) is 19.7 Å². The number of thiophene rings is 1. The monoisotopic (exact) mass is 342 g/mol. The summed E-state index contributed by atoms with van der Waals surface area (Å²) in [5.41, 5.74) is 1.42. The number of hydrogen-bond donors (Lipinski definition) is 0. The first-order valence-corrected chi connectivity index (χ1v) is 8.97. The van der Waals surface area contributed by atoms with Gasteiger partial charge in [0.25, 0.3) is 5.91 Å². The molecule has 0 saturated heterocycles. The number of amides is 1. The molecule has 0 fully saturated rings. The number of pyridine rings is 1. The minimum absolute atomic E-state index is 0.0260. The van der Waals surface area contributed by atoms with Crippen LogP contribution in [0.2, 0.25) is 0 Å². The van der Waals surface area contributed by atoms with Gasteiger partial charge in [-0.25, -0.2) is 9.67 Å². The Hall–Kier alpha value is -2.21. The number of carbonyl (C=O) groups excluding carboxylic acids is 1. The van der Waals surface area contributed by atoms with Crippen molar-refractivity contribution in [2.24, 2.45) is 5.92 Å². The maximum atomic E-state index is 12.8. The Labute approximate surface area is 145 Å². The highest BCUT2D eigenvalue weighted by Gasteiger charge is 2.20. The van der Waals surface area contributed by atoms with Gasteiger partial charge in [-0.15, -0.1) is 11.3 Å². The first kappa shape index (κ1) is 16.6. The van der Waals surface area contributed by atoms with Crippen LogP contribution in [0.3, 0.4) is 0 Å². The molecule has 6 heteroatoms. The van der Waals surface area contributed by atoms with E-state index in [1.165, 1.54) is 4.88 Å². The molecule has 1 amide bonds. The van der Waals surface area contributed by atoms with E-state index < -0.39 is 0 Å². The lowest BCUT2D eigenvalue weighted by Gasteiger charge is -2.24. The molecule has 3 rings (SSSR count). The van der Waals surface area contributed by atoms with E-state index in [0.29, 0.717) is 11.5 Å². The average Bonchev–Trinajstić information content (AvgIpc) is 3.22. The Morgan fingerprint density at radius 2 is 2.12 bits per heavy atom. The van der Waals surface area contributed by atoms with E-state index in [9.17, 15) is 4.79 Å². The molecule has 0 N–H and O–H groups in total. The lowest BCUT2D eigenvalue weighted by atomic mass is 10.1. The van der Waals surface area contributed by atoms with Crippen LogP contribution in [0.25, 0.3) is 11.0 Å². The molecule has 0 radical (unpaired) electrons. The predicted molar refractivity (Wildman–Crippen MR) is 97.2 cm³/mol. The molecule has 0 aliphatic rings. The van der Waals surface area contributed by atoms with E-state index in [2.05, 4.69) is 30.0 Å². The predicted octanol–water partition coefficient (Wildman–Crippen LogP) is 3.98. The molecular weight excluding hydrogens is 320 g/mol. The van der Waals surface area contributed by atoms with E-state index in [-0.39, 0.29) is 11.9 Å². The Kier molecular flexibility index (Phi) is 4.66. The molecule has 0 aliphatic heterocycles. The smallest absolute Gasteiger partial charge is 0.255 e. The van der Waals surface area contributed by atoms with Crippen molar-refractivity contribution in [3.63, 3.8) is 0 Å². The molecule has 0 spiro atoms. The van der Waals surface area contributed by atoms with Crippen molar-refractivity contribution in [2.45, 2.75) is 33.4 Å². The second-order valence-corrected chi connectivity index (χ2v) is 7.44. The Bertz CT molecular complexity index is 838. The van der Waals surface area contributed by atoms with Crippen LogP contribution in [0.15, 0.2) is 36.0 Å². The van der Waals surface area contributed by atoms with E-state index >= 15 is 0 Å². The van der Waals surface area contributed by atoms with E-state index in [0.717, 1.165) is 17.6 Å². The second kappa shape index (κ2) is 6.73. The van der Waals surface area contributed by atoms with Crippen LogP contribution in [0, 0.1) is 5.92 Å². The highest BCUT2D eigenvalue weighted by molar-refractivity contribution is 7.10. The first-order chi connectivity index (χ1) is 11.5. The number of nitrogens with zero attached hydrogens (tertiary/aromatic N) is 4. The van der Waals surface area contributed by atoms with Crippen LogP contribution in [0.1, 0.15) is 42.0 Å². The largest absolute Gasteiger partial charge is 0.334 e. The van der Waals surface area contributed by atoms with Gasteiger partial charge in [-0.1, -0.05) is 19.9 Å². The fourth-order valence-electron chi connectivity index (χ4n) is 2.67. The summed E-state index contributed by atoms with van der Waals surface area (Å²) < 4.78 is 1.90. The van der Waals surface area contributed by atoms with Gasteiger partial charge in [0.2, 0.25) is 0 Å². The molecule has 3 heterocycles. The van der Waals surface area contributed by atoms with Crippen LogP contribution < -0.4 is 0 Å². The van der Waals surface area contributed by atoms with Gasteiger partial charge in [0, 0.05) is 30.1 Å². The molecule has 0 aliphatic carbocycles. The average molecular weight is 342 g/mol. The van der Waals surface area contributed by atoms with Crippen molar-refractivity contribution in [3.05, 3.63) is 46.4 Å². The normalized spacial score (nSPS) is 12.7. The third-order valence-electron chi connectivity index (χ3n) is 4.12. The van der Waals surface area contributed by atoms with Crippen LogP contribution >= 0.6 is 11.3 Å². The molecular formula is C18H22N4OS. The van der Waals surface area contributed by atoms with E-state index in [4.69, 9.17) is 0 Å². The van der Waals surface area contributed by atoms with Gasteiger partial charge >= 0.3 is 0 Å². The van der Waals surface area contributed by atoms with Crippen LogP contribution in [-0.2, 0) is 6.54 Å². The topological polar surface area (TPSA) is 51.0 Å². The Morgan fingerprint density at radius 3 is 2.79 bits per heavy atom. The molecule has 5 nitrogen and oxygen atoms in total. The van der Waals surface area contributed by atoms with Gasteiger partial charge in [-0.05, 0) is 30.4 Å². The fraction of sp³-hybridized carbons (Fsp3) is 0.389. The number of hydrogen-bond acceptors (Lipinski definition) is 4. The molecule has 126 valence electrons. The summed E-state index contributed by atoms with van der Waals surface area (Å²) in [5.74, 6) is 0.468. The Morgan fingerprint density at radius 1 is 1.33 bits per heavy atom. The van der Waals surface area contributed by atoms with Gasteiger partial charge in [0.15, 0.2) is 5.65 Å². The lowest BCUT2D eigenvalue weighted by molar-refractivity contribution is 0.0744. The summed E-state index contributed by atoms with van der Waals surface area (Å²) in [6.07, 6.45) is 3.44. The summed E-state index contributed by atoms with van der Waals surface area (Å²) >= 11 is 1.66. The van der Waals surface area contributed by atoms with Gasteiger partial charge in [0.05, 0.1) is 17.8 Å². The quantitative estimate of drug-likeness (QED) is 0.704. The summed E-state index contributed by atoms with van der Waals surface area (Å²) in [6.45, 7) is 7.15. The summed E-state index contributed by atoms with van der Waals surface area (Å²) in [5, 5.41) is 7.32. The standard InChI is InChI=1S/C18H22N4OS/c1-12(2)11-22-17-14(10-20-22)8-15(9-19-17)18(23)21(4)13(3)16-6-5-7-24-16/h5-10,12-13H,11H2,1-4H3. The van der Waals surface area contributed by atoms with E-state index in [1.54, 1.807) is 28.6 Å². The summed E-state index contributed by atoms with van der Waals surface area (Å²) in [7, 11) is 1.83. The Balaban J connectivity index is 1.85. The molecule has 3 aromatic heterocycles. The third kappa shape index (κ3) is 3.19. The minimum Gasteiger partial charge on any atom is -0.334 e. The van der Waals surface area contributed by atoms with Crippen molar-refractivity contribution < 1.29 is 4.79 Å². The van der Waals surface area contributed by atoms with Gasteiger partial charge in [0.1, 0.15) is 0 Å². The number of carbonyl (C=O) groups is 1.